The van der Waals surface area contributed by atoms with E-state index in [0.29, 0.717) is 43.2 Å². The molecule has 2 amide bonds. The fourth-order valence-electron chi connectivity index (χ4n) is 2.60. The van der Waals surface area contributed by atoms with Crippen LogP contribution in [-0.4, -0.2) is 53.5 Å². The Labute approximate surface area is 147 Å². The number of hydrogen-bond acceptors (Lipinski definition) is 3. The molecule has 0 radical (unpaired) electrons. The largest absolute Gasteiger partial charge is 0.339 e. The van der Waals surface area contributed by atoms with Gasteiger partial charge >= 0.3 is 0 Å². The minimum atomic E-state index is -0.386. The van der Waals surface area contributed by atoms with Gasteiger partial charge in [0.25, 0.3) is 0 Å². The number of carbonyl (C=O) groups excluding carboxylic acids is 2. The lowest BCUT2D eigenvalue weighted by Gasteiger charge is -2.37. The van der Waals surface area contributed by atoms with Gasteiger partial charge < -0.3 is 9.80 Å². The van der Waals surface area contributed by atoms with Gasteiger partial charge in [-0.2, -0.15) is 0 Å². The average molecular weight is 352 g/mol. The maximum atomic E-state index is 13.5. The average Bonchev–Trinajstić information content (AvgIpc) is 2.55. The second-order valence-corrected chi connectivity index (χ2v) is 8.09. The topological polar surface area (TPSA) is 40.6 Å². The molecule has 0 N–H and O–H groups in total. The Morgan fingerprint density at radius 3 is 2.25 bits per heavy atom. The third-order valence-corrected chi connectivity index (χ3v) is 5.02. The number of benzene rings is 1. The van der Waals surface area contributed by atoms with Crippen LogP contribution in [0.2, 0.25) is 0 Å². The number of rotatable bonds is 4. The molecule has 1 fully saturated rings. The minimum absolute atomic E-state index is 0.0710. The van der Waals surface area contributed by atoms with E-state index in [0.717, 1.165) is 0 Å². The van der Waals surface area contributed by atoms with E-state index in [4.69, 9.17) is 0 Å². The highest BCUT2D eigenvalue weighted by molar-refractivity contribution is 7.99. The Morgan fingerprint density at radius 2 is 1.67 bits per heavy atom. The van der Waals surface area contributed by atoms with Crippen LogP contribution >= 0.6 is 11.8 Å². The molecular weight excluding hydrogens is 327 g/mol. The molecule has 24 heavy (non-hydrogen) atoms. The highest BCUT2D eigenvalue weighted by Gasteiger charge is 2.30. The molecule has 6 heteroatoms. The lowest BCUT2D eigenvalue weighted by Crippen LogP contribution is -2.53. The van der Waals surface area contributed by atoms with Crippen molar-refractivity contribution in [3.8, 4) is 0 Å². The first kappa shape index (κ1) is 18.8. The molecule has 1 aliphatic heterocycles. The maximum Gasteiger partial charge on any atom is 0.228 e. The van der Waals surface area contributed by atoms with Gasteiger partial charge in [0.1, 0.15) is 5.82 Å². The van der Waals surface area contributed by atoms with E-state index in [9.17, 15) is 14.0 Å². The Morgan fingerprint density at radius 1 is 1.08 bits per heavy atom. The predicted molar refractivity (Wildman–Crippen MR) is 94.4 cm³/mol. The fraction of sp³-hybridized carbons (Fsp3) is 0.556. The van der Waals surface area contributed by atoms with Crippen LogP contribution in [0.1, 0.15) is 27.2 Å². The SMILES string of the molecule is CC(C)(C)C(=O)N1CCN(C(=O)CCSc2ccccc2F)CC1. The summed E-state index contributed by atoms with van der Waals surface area (Å²) in [4.78, 5) is 28.7. The molecule has 0 aliphatic carbocycles. The molecule has 1 aliphatic rings. The third kappa shape index (κ3) is 4.97. The summed E-state index contributed by atoms with van der Waals surface area (Å²) in [5.41, 5.74) is -0.386. The van der Waals surface area contributed by atoms with Crippen LogP contribution in [0, 0.1) is 11.2 Å². The van der Waals surface area contributed by atoms with Crippen LogP contribution < -0.4 is 0 Å². The molecule has 1 aromatic carbocycles. The van der Waals surface area contributed by atoms with E-state index < -0.39 is 0 Å². The van der Waals surface area contributed by atoms with E-state index >= 15 is 0 Å². The van der Waals surface area contributed by atoms with Crippen molar-refractivity contribution >= 4 is 23.6 Å². The van der Waals surface area contributed by atoms with Crippen molar-refractivity contribution < 1.29 is 14.0 Å². The van der Waals surface area contributed by atoms with Gasteiger partial charge in [-0.3, -0.25) is 9.59 Å². The third-order valence-electron chi connectivity index (χ3n) is 3.97. The van der Waals surface area contributed by atoms with Crippen LogP contribution in [0.5, 0.6) is 0 Å². The summed E-state index contributed by atoms with van der Waals surface area (Å²) in [7, 11) is 0. The zero-order valence-electron chi connectivity index (χ0n) is 14.5. The number of carbonyl (C=O) groups is 2. The first-order chi connectivity index (χ1) is 11.3. The second kappa shape index (κ2) is 8.01. The lowest BCUT2D eigenvalue weighted by molar-refractivity contribution is -0.144. The van der Waals surface area contributed by atoms with Gasteiger partial charge in [-0.05, 0) is 12.1 Å². The summed E-state index contributed by atoms with van der Waals surface area (Å²) in [6.07, 6.45) is 0.381. The molecular formula is C18H25FN2O2S. The van der Waals surface area contributed by atoms with Gasteiger partial charge in [-0.15, -0.1) is 11.8 Å². The molecule has 2 rings (SSSR count). The van der Waals surface area contributed by atoms with Crippen molar-refractivity contribution in [2.75, 3.05) is 31.9 Å². The molecule has 1 aromatic rings. The maximum absolute atomic E-state index is 13.5. The fourth-order valence-corrected chi connectivity index (χ4v) is 3.48. The Balaban J connectivity index is 1.75. The first-order valence-corrected chi connectivity index (χ1v) is 9.22. The number of hydrogen-bond donors (Lipinski definition) is 0. The highest BCUT2D eigenvalue weighted by Crippen LogP contribution is 2.22. The van der Waals surface area contributed by atoms with Crippen molar-refractivity contribution in [1.29, 1.82) is 0 Å². The van der Waals surface area contributed by atoms with Crippen molar-refractivity contribution in [3.05, 3.63) is 30.1 Å². The lowest BCUT2D eigenvalue weighted by atomic mass is 9.94. The van der Waals surface area contributed by atoms with Crippen LogP contribution in [0.4, 0.5) is 4.39 Å². The predicted octanol–water partition coefficient (Wildman–Crippen LogP) is 3.02. The van der Waals surface area contributed by atoms with Crippen LogP contribution in [0.15, 0.2) is 29.2 Å². The molecule has 132 valence electrons. The smallest absolute Gasteiger partial charge is 0.228 e. The molecule has 0 spiro atoms. The van der Waals surface area contributed by atoms with Crippen molar-refractivity contribution in [1.82, 2.24) is 9.80 Å². The van der Waals surface area contributed by atoms with Crippen LogP contribution in [0.3, 0.4) is 0 Å². The van der Waals surface area contributed by atoms with E-state index in [1.54, 1.807) is 23.1 Å². The van der Waals surface area contributed by atoms with Gasteiger partial charge in [0, 0.05) is 48.7 Å². The Hall–Kier alpha value is -1.56. The molecule has 4 nitrogen and oxygen atoms in total. The molecule has 0 unspecified atom stereocenters. The van der Waals surface area contributed by atoms with Crippen molar-refractivity contribution in [2.45, 2.75) is 32.1 Å². The Kier molecular flexibility index (Phi) is 6.27. The normalized spacial score (nSPS) is 15.5. The van der Waals surface area contributed by atoms with E-state index in [-0.39, 0.29) is 23.0 Å². The summed E-state index contributed by atoms with van der Waals surface area (Å²) in [6.45, 7) is 8.05. The first-order valence-electron chi connectivity index (χ1n) is 8.23. The van der Waals surface area contributed by atoms with Gasteiger partial charge in [-0.25, -0.2) is 4.39 Å². The standard InChI is InChI=1S/C18H25FN2O2S/c1-18(2,3)17(23)21-11-9-20(10-12-21)16(22)8-13-24-15-7-5-4-6-14(15)19/h4-7H,8-13H2,1-3H3. The van der Waals surface area contributed by atoms with Crippen LogP contribution in [0.25, 0.3) is 0 Å². The zero-order chi connectivity index (χ0) is 17.7. The van der Waals surface area contributed by atoms with Crippen molar-refractivity contribution in [3.63, 3.8) is 0 Å². The number of nitrogens with zero attached hydrogens (tertiary/aromatic N) is 2. The summed E-state index contributed by atoms with van der Waals surface area (Å²) in [6, 6.07) is 6.60. The summed E-state index contributed by atoms with van der Waals surface area (Å²) < 4.78 is 13.5. The number of halogens is 1. The molecule has 0 bridgehead atoms. The molecule has 0 atom stereocenters. The van der Waals surface area contributed by atoms with Crippen molar-refractivity contribution in [2.24, 2.45) is 5.41 Å². The Bertz CT molecular complexity index is 593. The minimum Gasteiger partial charge on any atom is -0.339 e. The molecule has 1 saturated heterocycles. The summed E-state index contributed by atoms with van der Waals surface area (Å²) >= 11 is 1.36. The molecule has 0 saturated carbocycles. The van der Waals surface area contributed by atoms with Gasteiger partial charge in [0.2, 0.25) is 11.8 Å². The quantitative estimate of drug-likeness (QED) is 0.782. The van der Waals surface area contributed by atoms with Gasteiger partial charge in [0.15, 0.2) is 0 Å². The molecule has 1 heterocycles. The molecule has 0 aromatic heterocycles. The highest BCUT2D eigenvalue weighted by atomic mass is 32.2. The summed E-state index contributed by atoms with van der Waals surface area (Å²) in [5, 5.41) is 0. The number of thioether (sulfide) groups is 1. The van der Waals surface area contributed by atoms with E-state index in [2.05, 4.69) is 0 Å². The monoisotopic (exact) mass is 352 g/mol. The number of piperazine rings is 1. The summed E-state index contributed by atoms with van der Waals surface area (Å²) in [5.74, 6) is 0.511. The van der Waals surface area contributed by atoms with Crippen LogP contribution in [-0.2, 0) is 9.59 Å². The zero-order valence-corrected chi connectivity index (χ0v) is 15.4. The van der Waals surface area contributed by atoms with Gasteiger partial charge in [-0.1, -0.05) is 32.9 Å². The number of amides is 2. The van der Waals surface area contributed by atoms with E-state index in [1.807, 2.05) is 25.7 Å². The van der Waals surface area contributed by atoms with Gasteiger partial charge in [0.05, 0.1) is 0 Å². The van der Waals surface area contributed by atoms with E-state index in [1.165, 1.54) is 17.8 Å². The second-order valence-electron chi connectivity index (χ2n) is 6.95.